The Labute approximate surface area is 127 Å². The minimum absolute atomic E-state index is 0.146. The highest BCUT2D eigenvalue weighted by molar-refractivity contribution is 5.78. The Kier molecular flexibility index (Phi) is 5.76. The van der Waals surface area contributed by atoms with Gasteiger partial charge in [-0.1, -0.05) is 30.3 Å². The topological polar surface area (TPSA) is 32.8 Å². The molecule has 1 unspecified atom stereocenters. The highest BCUT2D eigenvalue weighted by atomic mass is 16.5. The van der Waals surface area contributed by atoms with Gasteiger partial charge in [-0.15, -0.1) is 0 Å². The van der Waals surface area contributed by atoms with Crippen LogP contribution < -0.4 is 0 Å². The first-order valence-electron chi connectivity index (χ1n) is 7.71. The maximum atomic E-state index is 12.1. The summed E-state index contributed by atoms with van der Waals surface area (Å²) < 4.78 is 4.99. The monoisotopic (exact) mass is 290 g/mol. The van der Waals surface area contributed by atoms with Gasteiger partial charge in [0.1, 0.15) is 0 Å². The smallest absolute Gasteiger partial charge is 0.314 e. The number of carbonyl (C=O) groups excluding carboxylic acids is 1. The van der Waals surface area contributed by atoms with Crippen molar-refractivity contribution in [1.29, 1.82) is 0 Å². The summed E-state index contributed by atoms with van der Waals surface area (Å²) in [5.74, 6) is -0.339. The predicted molar refractivity (Wildman–Crippen MR) is 84.3 cm³/mol. The van der Waals surface area contributed by atoms with Crippen molar-refractivity contribution < 1.29 is 9.53 Å². The summed E-state index contributed by atoms with van der Waals surface area (Å²) in [6.07, 6.45) is 0. The van der Waals surface area contributed by atoms with E-state index in [1.54, 1.807) is 0 Å². The van der Waals surface area contributed by atoms with Gasteiger partial charge in [-0.05, 0) is 19.4 Å². The summed E-state index contributed by atoms with van der Waals surface area (Å²) in [6.45, 7) is 9.37. The Bertz CT molecular complexity index is 439. The van der Waals surface area contributed by atoms with E-state index in [9.17, 15) is 4.79 Å². The van der Waals surface area contributed by atoms with Crippen molar-refractivity contribution in [3.8, 4) is 0 Å². The fourth-order valence-electron chi connectivity index (χ4n) is 2.86. The van der Waals surface area contributed by atoms with E-state index in [2.05, 4.69) is 23.6 Å². The van der Waals surface area contributed by atoms with Crippen LogP contribution in [0.3, 0.4) is 0 Å². The zero-order valence-corrected chi connectivity index (χ0v) is 13.3. The molecule has 0 amide bonds. The number of benzene rings is 1. The van der Waals surface area contributed by atoms with Gasteiger partial charge in [-0.25, -0.2) is 0 Å². The highest BCUT2D eigenvalue weighted by Gasteiger charge is 2.26. The summed E-state index contributed by atoms with van der Waals surface area (Å²) in [4.78, 5) is 16.9. The quantitative estimate of drug-likeness (QED) is 0.776. The number of ether oxygens (including phenoxy) is 1. The molecule has 1 aliphatic heterocycles. The van der Waals surface area contributed by atoms with Gasteiger partial charge in [-0.3, -0.25) is 14.6 Å². The zero-order chi connectivity index (χ0) is 15.2. The number of piperazine rings is 1. The second kappa shape index (κ2) is 7.57. The molecule has 0 N–H and O–H groups in total. The third kappa shape index (κ3) is 4.29. The first-order chi connectivity index (χ1) is 10.1. The van der Waals surface area contributed by atoms with Crippen LogP contribution in [0.25, 0.3) is 0 Å². The van der Waals surface area contributed by atoms with Crippen molar-refractivity contribution >= 4 is 5.97 Å². The lowest BCUT2D eigenvalue weighted by Gasteiger charge is -2.38. The van der Waals surface area contributed by atoms with Gasteiger partial charge in [0.15, 0.2) is 0 Å². The van der Waals surface area contributed by atoms with Crippen LogP contribution in [0.1, 0.15) is 25.3 Å². The van der Waals surface area contributed by atoms with Crippen molar-refractivity contribution in [3.63, 3.8) is 0 Å². The van der Waals surface area contributed by atoms with Gasteiger partial charge < -0.3 is 4.74 Å². The average molecular weight is 290 g/mol. The van der Waals surface area contributed by atoms with Crippen LogP contribution in [0.5, 0.6) is 0 Å². The van der Waals surface area contributed by atoms with Crippen LogP contribution in [0, 0.1) is 0 Å². The standard InChI is InChI=1S/C17H26N2O2/c1-14(2)19-11-9-18(10-12-19)13-16(17(20)21-3)15-7-5-4-6-8-15/h4-8,14,16H,9-13H2,1-3H3. The lowest BCUT2D eigenvalue weighted by molar-refractivity contribution is -0.143. The van der Waals surface area contributed by atoms with Crippen LogP contribution in [0.2, 0.25) is 0 Å². The van der Waals surface area contributed by atoms with Crippen LogP contribution in [0.15, 0.2) is 30.3 Å². The van der Waals surface area contributed by atoms with Crippen LogP contribution >= 0.6 is 0 Å². The normalized spacial score (nSPS) is 18.7. The number of rotatable bonds is 5. The maximum absolute atomic E-state index is 12.1. The lowest BCUT2D eigenvalue weighted by Crippen LogP contribution is -2.50. The van der Waals surface area contributed by atoms with E-state index in [4.69, 9.17) is 4.74 Å². The van der Waals surface area contributed by atoms with E-state index in [0.717, 1.165) is 38.3 Å². The molecule has 1 aromatic rings. The molecule has 2 rings (SSSR count). The molecule has 1 aromatic carbocycles. The molecule has 0 aromatic heterocycles. The molecule has 1 heterocycles. The van der Waals surface area contributed by atoms with Gasteiger partial charge >= 0.3 is 5.97 Å². The van der Waals surface area contributed by atoms with Crippen molar-refractivity contribution in [2.45, 2.75) is 25.8 Å². The first-order valence-corrected chi connectivity index (χ1v) is 7.71. The number of carbonyl (C=O) groups is 1. The SMILES string of the molecule is COC(=O)C(CN1CCN(C(C)C)CC1)c1ccccc1. The maximum Gasteiger partial charge on any atom is 0.314 e. The third-order valence-corrected chi connectivity index (χ3v) is 4.27. The molecular weight excluding hydrogens is 264 g/mol. The van der Waals surface area contributed by atoms with E-state index < -0.39 is 0 Å². The molecule has 0 radical (unpaired) electrons. The molecule has 0 saturated carbocycles. The van der Waals surface area contributed by atoms with E-state index in [-0.39, 0.29) is 11.9 Å². The number of esters is 1. The Balaban J connectivity index is 1.99. The highest BCUT2D eigenvalue weighted by Crippen LogP contribution is 2.20. The molecule has 21 heavy (non-hydrogen) atoms. The molecule has 1 fully saturated rings. The van der Waals surface area contributed by atoms with E-state index in [1.807, 2.05) is 30.3 Å². The fraction of sp³-hybridized carbons (Fsp3) is 0.588. The summed E-state index contributed by atoms with van der Waals surface area (Å²) in [7, 11) is 1.47. The van der Waals surface area contributed by atoms with Gasteiger partial charge in [0.25, 0.3) is 0 Å². The molecule has 1 saturated heterocycles. The molecule has 4 heteroatoms. The number of hydrogen-bond acceptors (Lipinski definition) is 4. The molecule has 0 bridgehead atoms. The van der Waals surface area contributed by atoms with Gasteiger partial charge in [0.05, 0.1) is 13.0 Å². The molecule has 116 valence electrons. The van der Waals surface area contributed by atoms with E-state index in [0.29, 0.717) is 6.04 Å². The number of nitrogens with zero attached hydrogens (tertiary/aromatic N) is 2. The van der Waals surface area contributed by atoms with E-state index >= 15 is 0 Å². The second-order valence-electron chi connectivity index (χ2n) is 5.92. The minimum atomic E-state index is -0.193. The van der Waals surface area contributed by atoms with Gasteiger partial charge in [0.2, 0.25) is 0 Å². The van der Waals surface area contributed by atoms with Crippen LogP contribution in [-0.2, 0) is 9.53 Å². The van der Waals surface area contributed by atoms with Crippen LogP contribution in [-0.4, -0.2) is 61.6 Å². The predicted octanol–water partition coefficient (Wildman–Crippen LogP) is 1.97. The van der Waals surface area contributed by atoms with E-state index in [1.165, 1.54) is 7.11 Å². The zero-order valence-electron chi connectivity index (χ0n) is 13.3. The first kappa shape index (κ1) is 16.0. The van der Waals surface area contributed by atoms with Crippen molar-refractivity contribution in [2.24, 2.45) is 0 Å². The summed E-state index contributed by atoms with van der Waals surface area (Å²) in [5, 5.41) is 0. The summed E-state index contributed by atoms with van der Waals surface area (Å²) in [6, 6.07) is 10.5. The molecular formula is C17H26N2O2. The Morgan fingerprint density at radius 2 is 1.76 bits per heavy atom. The summed E-state index contributed by atoms with van der Waals surface area (Å²) >= 11 is 0. The van der Waals surface area contributed by atoms with Gasteiger partial charge in [0, 0.05) is 38.8 Å². The average Bonchev–Trinajstić information content (AvgIpc) is 2.53. The van der Waals surface area contributed by atoms with Crippen LogP contribution in [0.4, 0.5) is 0 Å². The van der Waals surface area contributed by atoms with Crippen molar-refractivity contribution in [1.82, 2.24) is 9.80 Å². The third-order valence-electron chi connectivity index (χ3n) is 4.27. The Morgan fingerprint density at radius 1 is 1.14 bits per heavy atom. The van der Waals surface area contributed by atoms with Crippen molar-refractivity contribution in [2.75, 3.05) is 39.8 Å². The molecule has 0 spiro atoms. The Hall–Kier alpha value is -1.39. The number of hydrogen-bond donors (Lipinski definition) is 0. The lowest BCUT2D eigenvalue weighted by atomic mass is 9.98. The largest absolute Gasteiger partial charge is 0.469 e. The van der Waals surface area contributed by atoms with Crippen molar-refractivity contribution in [3.05, 3.63) is 35.9 Å². The number of methoxy groups -OCH3 is 1. The minimum Gasteiger partial charge on any atom is -0.469 e. The molecule has 1 aliphatic rings. The summed E-state index contributed by atoms with van der Waals surface area (Å²) in [5.41, 5.74) is 1.04. The molecule has 4 nitrogen and oxygen atoms in total. The van der Waals surface area contributed by atoms with Gasteiger partial charge in [-0.2, -0.15) is 0 Å². The fourth-order valence-corrected chi connectivity index (χ4v) is 2.86. The Morgan fingerprint density at radius 3 is 2.29 bits per heavy atom. The molecule has 0 aliphatic carbocycles. The second-order valence-corrected chi connectivity index (χ2v) is 5.92. The molecule has 1 atom stereocenters.